The summed E-state index contributed by atoms with van der Waals surface area (Å²) in [5.41, 5.74) is 0. The number of aliphatic hydroxyl groups is 2. The van der Waals surface area contributed by atoms with Crippen molar-refractivity contribution in [1.29, 1.82) is 0 Å². The van der Waals surface area contributed by atoms with E-state index in [0.717, 1.165) is 12.8 Å². The van der Waals surface area contributed by atoms with Gasteiger partial charge in [-0.3, -0.25) is 9.59 Å². The van der Waals surface area contributed by atoms with E-state index in [-0.39, 0.29) is 36.8 Å². The lowest BCUT2D eigenvalue weighted by atomic mass is 9.86. The van der Waals surface area contributed by atoms with E-state index in [9.17, 15) is 29.9 Å². The number of Topliss-reactive ketones (excluding diaryl/α,β-unsaturated/α-hetero) is 1. The molecular weight excluding hydrogens is 486 g/mol. The lowest BCUT2D eigenvalue weighted by molar-refractivity contribution is -0.756. The molecule has 0 saturated heterocycles. The predicted molar refractivity (Wildman–Crippen MR) is 140 cm³/mol. The number of ketones is 1. The standard InChI is InChI=1S/C26H45NO8S/c1-2-3-4-5-8-11-21(28)14-15-23-22(24(29)20-25(23)30)12-9-6-7-10-13-26(31)34-16-18-36-19-17-35-27(32)33/h6,9,22-25,29-30H,2-5,7-8,10-20H2,1H3/t22-,23-,24+,25-/m1/s1. The number of carbonyl (C=O) groups excluding carboxylic acids is 2. The molecule has 1 fully saturated rings. The lowest BCUT2D eigenvalue weighted by Gasteiger charge is -2.22. The van der Waals surface area contributed by atoms with E-state index in [2.05, 4.69) is 11.8 Å². The first-order chi connectivity index (χ1) is 17.3. The Morgan fingerprint density at radius 2 is 1.69 bits per heavy atom. The van der Waals surface area contributed by atoms with Crippen molar-refractivity contribution in [3.8, 4) is 0 Å². The number of rotatable bonds is 22. The first kappa shape index (κ1) is 32.4. The molecule has 2 N–H and O–H groups in total. The zero-order valence-corrected chi connectivity index (χ0v) is 22.5. The SMILES string of the molecule is CCCCCCCC(=O)CC[C@@H]1[C@@H](CC=CCCCC(=O)OCCSCCO[N+](=O)[O-])[C@@H](O)C[C@H]1O. The van der Waals surface area contributed by atoms with Gasteiger partial charge in [0.2, 0.25) is 0 Å². The highest BCUT2D eigenvalue weighted by atomic mass is 32.2. The van der Waals surface area contributed by atoms with Crippen molar-refractivity contribution in [2.75, 3.05) is 24.7 Å². The molecule has 10 heteroatoms. The molecule has 9 nitrogen and oxygen atoms in total. The fourth-order valence-corrected chi connectivity index (χ4v) is 5.18. The number of unbranched alkanes of at least 4 members (excludes halogenated alkanes) is 5. The highest BCUT2D eigenvalue weighted by molar-refractivity contribution is 7.99. The van der Waals surface area contributed by atoms with Gasteiger partial charge >= 0.3 is 5.97 Å². The second-order valence-corrected chi connectivity index (χ2v) is 10.7. The fraction of sp³-hybridized carbons (Fsp3) is 0.846. The van der Waals surface area contributed by atoms with E-state index in [1.54, 1.807) is 0 Å². The van der Waals surface area contributed by atoms with Crippen LogP contribution in [0.4, 0.5) is 0 Å². The normalized spacial score (nSPS) is 21.6. The van der Waals surface area contributed by atoms with Crippen LogP contribution in [-0.2, 0) is 19.2 Å². The van der Waals surface area contributed by atoms with Crippen molar-refractivity contribution in [2.24, 2.45) is 11.8 Å². The maximum Gasteiger partial charge on any atom is 0.305 e. The first-order valence-corrected chi connectivity index (χ1v) is 14.5. The topological polar surface area (TPSA) is 136 Å². The van der Waals surface area contributed by atoms with E-state index in [4.69, 9.17) is 4.74 Å². The van der Waals surface area contributed by atoms with Gasteiger partial charge in [0, 0.05) is 30.8 Å². The molecular formula is C26H45NO8S. The van der Waals surface area contributed by atoms with Gasteiger partial charge in [-0.05, 0) is 50.4 Å². The van der Waals surface area contributed by atoms with Crippen LogP contribution in [0.3, 0.4) is 0 Å². The molecule has 1 aliphatic carbocycles. The molecule has 0 bridgehead atoms. The Morgan fingerprint density at radius 3 is 2.44 bits per heavy atom. The van der Waals surface area contributed by atoms with Crippen molar-refractivity contribution in [2.45, 2.75) is 103 Å². The highest BCUT2D eigenvalue weighted by Gasteiger charge is 2.40. The summed E-state index contributed by atoms with van der Waals surface area (Å²) in [5, 5.41) is 30.0. The third-order valence-electron chi connectivity index (χ3n) is 6.58. The van der Waals surface area contributed by atoms with Gasteiger partial charge in [0.15, 0.2) is 0 Å². The quantitative estimate of drug-likeness (QED) is 0.0672. The van der Waals surface area contributed by atoms with Crippen molar-refractivity contribution < 1.29 is 34.5 Å². The van der Waals surface area contributed by atoms with Crippen molar-refractivity contribution in [1.82, 2.24) is 0 Å². The minimum absolute atomic E-state index is 0.0207. The highest BCUT2D eigenvalue weighted by Crippen LogP contribution is 2.38. The number of carbonyl (C=O) groups is 2. The Labute approximate surface area is 219 Å². The monoisotopic (exact) mass is 531 g/mol. The molecule has 0 radical (unpaired) electrons. The Morgan fingerprint density at radius 1 is 0.972 bits per heavy atom. The van der Waals surface area contributed by atoms with Crippen LogP contribution in [-0.4, -0.2) is 64.0 Å². The van der Waals surface area contributed by atoms with Gasteiger partial charge in [-0.15, -0.1) is 10.1 Å². The third kappa shape index (κ3) is 15.5. The second-order valence-electron chi connectivity index (χ2n) is 9.43. The number of nitrogens with zero attached hydrogens (tertiary/aromatic N) is 1. The molecule has 1 saturated carbocycles. The van der Waals surface area contributed by atoms with Crippen LogP contribution in [0.15, 0.2) is 12.2 Å². The molecule has 0 aromatic carbocycles. The number of ether oxygens (including phenoxy) is 1. The smallest absolute Gasteiger partial charge is 0.305 e. The summed E-state index contributed by atoms with van der Waals surface area (Å²) in [7, 11) is 0. The minimum atomic E-state index is -0.827. The van der Waals surface area contributed by atoms with Crippen LogP contribution in [0, 0.1) is 22.0 Å². The largest absolute Gasteiger partial charge is 0.465 e. The molecule has 0 aliphatic heterocycles. The summed E-state index contributed by atoms with van der Waals surface area (Å²) in [6.07, 6.45) is 12.9. The summed E-state index contributed by atoms with van der Waals surface area (Å²) >= 11 is 1.42. The van der Waals surface area contributed by atoms with E-state index in [1.165, 1.54) is 31.0 Å². The maximum atomic E-state index is 12.2. The van der Waals surface area contributed by atoms with Gasteiger partial charge in [-0.1, -0.05) is 44.8 Å². The van der Waals surface area contributed by atoms with Crippen molar-refractivity contribution in [3.63, 3.8) is 0 Å². The molecule has 0 unspecified atom stereocenters. The number of thioether (sulfide) groups is 1. The van der Waals surface area contributed by atoms with E-state index in [1.807, 2.05) is 12.2 Å². The summed E-state index contributed by atoms with van der Waals surface area (Å²) in [4.78, 5) is 38.2. The number of allylic oxidation sites excluding steroid dienone is 2. The summed E-state index contributed by atoms with van der Waals surface area (Å²) in [6.45, 7) is 2.46. The maximum absolute atomic E-state index is 12.2. The third-order valence-corrected chi connectivity index (χ3v) is 7.49. The Bertz CT molecular complexity index is 660. The Hall–Kier alpha value is -1.65. The molecule has 0 spiro atoms. The molecule has 0 aromatic heterocycles. The van der Waals surface area contributed by atoms with Gasteiger partial charge in [-0.25, -0.2) is 0 Å². The summed E-state index contributed by atoms with van der Waals surface area (Å²) < 4.78 is 5.14. The van der Waals surface area contributed by atoms with Crippen LogP contribution in [0.25, 0.3) is 0 Å². The number of esters is 1. The number of hydrogen-bond acceptors (Lipinski definition) is 9. The molecule has 1 aliphatic rings. The van der Waals surface area contributed by atoms with Crippen LogP contribution >= 0.6 is 11.8 Å². The number of hydrogen-bond donors (Lipinski definition) is 2. The average molecular weight is 532 g/mol. The summed E-state index contributed by atoms with van der Waals surface area (Å²) in [6, 6.07) is 0. The van der Waals surface area contributed by atoms with E-state index >= 15 is 0 Å². The Balaban J connectivity index is 2.17. The van der Waals surface area contributed by atoms with E-state index < -0.39 is 17.3 Å². The van der Waals surface area contributed by atoms with Gasteiger partial charge in [0.25, 0.3) is 5.09 Å². The molecule has 208 valence electrons. The molecule has 1 rings (SSSR count). The van der Waals surface area contributed by atoms with E-state index in [0.29, 0.717) is 62.9 Å². The minimum Gasteiger partial charge on any atom is -0.465 e. The fourth-order valence-electron chi connectivity index (χ4n) is 4.58. The van der Waals surface area contributed by atoms with Crippen LogP contribution < -0.4 is 0 Å². The van der Waals surface area contributed by atoms with Gasteiger partial charge < -0.3 is 19.8 Å². The van der Waals surface area contributed by atoms with Crippen LogP contribution in [0.5, 0.6) is 0 Å². The van der Waals surface area contributed by atoms with Crippen molar-refractivity contribution in [3.05, 3.63) is 22.3 Å². The average Bonchev–Trinajstić information content (AvgIpc) is 3.10. The molecule has 0 amide bonds. The van der Waals surface area contributed by atoms with Crippen molar-refractivity contribution >= 4 is 23.5 Å². The van der Waals surface area contributed by atoms with Gasteiger partial charge in [0.05, 0.1) is 12.2 Å². The first-order valence-electron chi connectivity index (χ1n) is 13.4. The van der Waals surface area contributed by atoms with Gasteiger partial charge in [0.1, 0.15) is 19.0 Å². The van der Waals surface area contributed by atoms with Crippen LogP contribution in [0.1, 0.15) is 90.4 Å². The molecule has 4 atom stereocenters. The van der Waals surface area contributed by atoms with Gasteiger partial charge in [-0.2, -0.15) is 11.8 Å². The molecule has 0 aromatic rings. The number of aliphatic hydroxyl groups excluding tert-OH is 2. The Kier molecular flexibility index (Phi) is 18.4. The van der Waals surface area contributed by atoms with Crippen LogP contribution in [0.2, 0.25) is 0 Å². The zero-order chi connectivity index (χ0) is 26.6. The molecule has 36 heavy (non-hydrogen) atoms. The lowest BCUT2D eigenvalue weighted by Crippen LogP contribution is -2.22. The predicted octanol–water partition coefficient (Wildman–Crippen LogP) is 4.66. The summed E-state index contributed by atoms with van der Waals surface area (Å²) in [5.74, 6) is 0.901. The molecule has 0 heterocycles. The zero-order valence-electron chi connectivity index (χ0n) is 21.7. The second kappa shape index (κ2) is 20.4.